The molecule has 1 unspecified atom stereocenters. The van der Waals surface area contributed by atoms with E-state index in [9.17, 15) is 4.39 Å². The van der Waals surface area contributed by atoms with Gasteiger partial charge in [-0.05, 0) is 42.3 Å². The van der Waals surface area contributed by atoms with Crippen LogP contribution >= 0.6 is 0 Å². The third-order valence-corrected chi connectivity index (χ3v) is 5.75. The second-order valence-electron chi connectivity index (χ2n) is 7.62. The molecule has 2 heterocycles. The summed E-state index contributed by atoms with van der Waals surface area (Å²) in [4.78, 5) is 10.6. The molecule has 0 spiro atoms. The standard InChI is InChI=1S/C24H25FN6/c1-16-22(12-29-30(16)3)23-14-31(13-18-6-4-5-7-21(18)23)17(2)24(26)28-15-27-20-10-8-19(25)9-11-20/h4-12,15,23H,2,13-14H2,1,3H3,(H2,26,27,28). The van der Waals surface area contributed by atoms with Crippen LogP contribution in [0.1, 0.15) is 28.3 Å². The number of aryl methyl sites for hydroxylation is 1. The normalized spacial score (nSPS) is 16.5. The number of rotatable bonds is 5. The van der Waals surface area contributed by atoms with Crippen molar-refractivity contribution >= 4 is 17.9 Å². The number of hydrogen-bond acceptors (Lipinski definition) is 3. The van der Waals surface area contributed by atoms with E-state index in [0.717, 1.165) is 12.2 Å². The van der Waals surface area contributed by atoms with Crippen LogP contribution in [-0.2, 0) is 13.6 Å². The van der Waals surface area contributed by atoms with Crippen molar-refractivity contribution in [3.05, 3.63) is 95.2 Å². The highest BCUT2D eigenvalue weighted by Gasteiger charge is 2.29. The van der Waals surface area contributed by atoms with Gasteiger partial charge >= 0.3 is 0 Å². The Bertz CT molecular complexity index is 1160. The predicted molar refractivity (Wildman–Crippen MR) is 122 cm³/mol. The fourth-order valence-electron chi connectivity index (χ4n) is 3.86. The highest BCUT2D eigenvalue weighted by molar-refractivity contribution is 6.00. The molecule has 7 heteroatoms. The van der Waals surface area contributed by atoms with E-state index in [1.165, 1.54) is 35.2 Å². The molecule has 4 rings (SSSR count). The van der Waals surface area contributed by atoms with E-state index >= 15 is 0 Å². The third kappa shape index (κ3) is 4.26. The quantitative estimate of drug-likeness (QED) is 0.504. The van der Waals surface area contributed by atoms with Crippen molar-refractivity contribution < 1.29 is 4.39 Å². The van der Waals surface area contributed by atoms with Crippen molar-refractivity contribution in [2.45, 2.75) is 19.4 Å². The summed E-state index contributed by atoms with van der Waals surface area (Å²) >= 11 is 0. The minimum atomic E-state index is -0.306. The van der Waals surface area contributed by atoms with Gasteiger partial charge in [-0.15, -0.1) is 0 Å². The number of nitrogens with zero attached hydrogens (tertiary/aromatic N) is 5. The van der Waals surface area contributed by atoms with E-state index in [-0.39, 0.29) is 11.7 Å². The van der Waals surface area contributed by atoms with Gasteiger partial charge in [0.1, 0.15) is 18.0 Å². The van der Waals surface area contributed by atoms with E-state index in [2.05, 4.69) is 51.7 Å². The SMILES string of the molecule is C=C(C(N)=NC=Nc1ccc(F)cc1)N1Cc2ccccc2C(c2cnn(C)c2C)C1. The third-order valence-electron chi connectivity index (χ3n) is 5.75. The molecule has 1 aliphatic rings. The van der Waals surface area contributed by atoms with Crippen LogP contribution < -0.4 is 5.73 Å². The summed E-state index contributed by atoms with van der Waals surface area (Å²) in [5, 5.41) is 4.43. The van der Waals surface area contributed by atoms with E-state index in [1.807, 2.05) is 24.0 Å². The highest BCUT2D eigenvalue weighted by atomic mass is 19.1. The van der Waals surface area contributed by atoms with E-state index < -0.39 is 0 Å². The van der Waals surface area contributed by atoms with Crippen LogP contribution in [-0.4, -0.2) is 33.4 Å². The Hall–Kier alpha value is -3.74. The van der Waals surface area contributed by atoms with Crippen molar-refractivity contribution in [3.63, 3.8) is 0 Å². The van der Waals surface area contributed by atoms with E-state index in [0.29, 0.717) is 23.8 Å². The highest BCUT2D eigenvalue weighted by Crippen LogP contribution is 2.35. The minimum absolute atomic E-state index is 0.163. The van der Waals surface area contributed by atoms with Crippen molar-refractivity contribution in [1.82, 2.24) is 14.7 Å². The predicted octanol–water partition coefficient (Wildman–Crippen LogP) is 4.05. The van der Waals surface area contributed by atoms with Crippen LogP contribution in [0.25, 0.3) is 0 Å². The molecular weight excluding hydrogens is 391 g/mol. The zero-order valence-electron chi connectivity index (χ0n) is 17.7. The van der Waals surface area contributed by atoms with Crippen molar-refractivity contribution in [2.75, 3.05) is 6.54 Å². The molecular formula is C24H25FN6. The lowest BCUT2D eigenvalue weighted by molar-refractivity contribution is 0.319. The fraction of sp³-hybridized carbons (Fsp3) is 0.208. The molecule has 1 atom stereocenters. The summed E-state index contributed by atoms with van der Waals surface area (Å²) in [5.74, 6) is 0.155. The van der Waals surface area contributed by atoms with Gasteiger partial charge < -0.3 is 10.6 Å². The molecule has 0 saturated heterocycles. The van der Waals surface area contributed by atoms with E-state index in [1.54, 1.807) is 12.1 Å². The molecule has 2 N–H and O–H groups in total. The zero-order chi connectivity index (χ0) is 22.0. The van der Waals surface area contributed by atoms with Crippen molar-refractivity contribution in [3.8, 4) is 0 Å². The summed E-state index contributed by atoms with van der Waals surface area (Å²) in [5.41, 5.74) is 12.3. The first kappa shape index (κ1) is 20.5. The van der Waals surface area contributed by atoms with Crippen LogP contribution in [0.15, 0.2) is 77.0 Å². The Morgan fingerprint density at radius 1 is 1.19 bits per heavy atom. The molecule has 31 heavy (non-hydrogen) atoms. The van der Waals surface area contributed by atoms with Gasteiger partial charge in [0.05, 0.1) is 17.6 Å². The smallest absolute Gasteiger partial charge is 0.148 e. The fourth-order valence-corrected chi connectivity index (χ4v) is 3.86. The molecule has 0 bridgehead atoms. The summed E-state index contributed by atoms with van der Waals surface area (Å²) < 4.78 is 14.9. The van der Waals surface area contributed by atoms with E-state index in [4.69, 9.17) is 5.73 Å². The first-order valence-electron chi connectivity index (χ1n) is 10.1. The van der Waals surface area contributed by atoms with Crippen molar-refractivity contribution in [1.29, 1.82) is 0 Å². The van der Waals surface area contributed by atoms with Crippen LogP contribution in [0, 0.1) is 12.7 Å². The zero-order valence-corrected chi connectivity index (χ0v) is 17.7. The Balaban J connectivity index is 1.57. The maximum Gasteiger partial charge on any atom is 0.148 e. The number of fused-ring (bicyclic) bond motifs is 1. The van der Waals surface area contributed by atoms with Gasteiger partial charge in [0, 0.05) is 37.3 Å². The van der Waals surface area contributed by atoms with Gasteiger partial charge in [0.25, 0.3) is 0 Å². The molecule has 0 radical (unpaired) electrons. The first-order valence-corrected chi connectivity index (χ1v) is 10.1. The largest absolute Gasteiger partial charge is 0.382 e. The molecule has 0 amide bonds. The molecule has 0 saturated carbocycles. The minimum Gasteiger partial charge on any atom is -0.382 e. The Morgan fingerprint density at radius 2 is 1.94 bits per heavy atom. The summed E-state index contributed by atoms with van der Waals surface area (Å²) in [6.07, 6.45) is 3.31. The molecule has 2 aromatic carbocycles. The van der Waals surface area contributed by atoms with Gasteiger partial charge in [0.15, 0.2) is 0 Å². The van der Waals surface area contributed by atoms with Gasteiger partial charge in [-0.2, -0.15) is 5.10 Å². The first-order chi connectivity index (χ1) is 14.9. The lowest BCUT2D eigenvalue weighted by Gasteiger charge is -2.37. The Labute approximate surface area is 181 Å². The average molecular weight is 417 g/mol. The maximum atomic E-state index is 13.0. The number of aliphatic imine (C=N–C) groups is 2. The molecule has 1 aromatic heterocycles. The molecule has 1 aliphatic heterocycles. The lowest BCUT2D eigenvalue weighted by atomic mass is 9.84. The lowest BCUT2D eigenvalue weighted by Crippen LogP contribution is -2.37. The summed E-state index contributed by atoms with van der Waals surface area (Å²) in [6, 6.07) is 14.3. The molecule has 0 fully saturated rings. The summed E-state index contributed by atoms with van der Waals surface area (Å²) in [7, 11) is 1.95. The summed E-state index contributed by atoms with van der Waals surface area (Å²) in [6.45, 7) is 7.70. The molecule has 0 aliphatic carbocycles. The van der Waals surface area contributed by atoms with Gasteiger partial charge in [0.2, 0.25) is 0 Å². The van der Waals surface area contributed by atoms with Crippen LogP contribution in [0.5, 0.6) is 0 Å². The Kier molecular flexibility index (Phi) is 5.66. The molecule has 158 valence electrons. The number of hydrogen-bond donors (Lipinski definition) is 1. The topological polar surface area (TPSA) is 71.8 Å². The number of nitrogens with two attached hydrogens (primary N) is 1. The second kappa shape index (κ2) is 8.55. The molecule has 3 aromatic rings. The van der Waals surface area contributed by atoms with Gasteiger partial charge in [-0.1, -0.05) is 30.8 Å². The monoisotopic (exact) mass is 416 g/mol. The van der Waals surface area contributed by atoms with Crippen LogP contribution in [0.2, 0.25) is 0 Å². The number of aromatic nitrogens is 2. The number of amidine groups is 1. The maximum absolute atomic E-state index is 13.0. The van der Waals surface area contributed by atoms with Crippen LogP contribution in [0.4, 0.5) is 10.1 Å². The molecule has 6 nitrogen and oxygen atoms in total. The Morgan fingerprint density at radius 3 is 2.65 bits per heavy atom. The van der Waals surface area contributed by atoms with Crippen molar-refractivity contribution in [2.24, 2.45) is 22.8 Å². The van der Waals surface area contributed by atoms with Gasteiger partial charge in [-0.3, -0.25) is 4.68 Å². The second-order valence-corrected chi connectivity index (χ2v) is 7.62. The average Bonchev–Trinajstić information content (AvgIpc) is 3.12. The number of halogens is 1. The van der Waals surface area contributed by atoms with Gasteiger partial charge in [-0.25, -0.2) is 14.4 Å². The number of benzene rings is 2. The van der Waals surface area contributed by atoms with Crippen LogP contribution in [0.3, 0.4) is 0 Å².